The molecule has 3 rings (SSSR count). The Morgan fingerprint density at radius 3 is 2.81 bits per heavy atom. The number of aliphatic carboxylic acids is 1. The minimum atomic E-state index is -0.879. The molecule has 21 heavy (non-hydrogen) atoms. The van der Waals surface area contributed by atoms with E-state index in [0.29, 0.717) is 5.92 Å². The van der Waals surface area contributed by atoms with Gasteiger partial charge in [-0.25, -0.2) is 4.39 Å². The van der Waals surface area contributed by atoms with Gasteiger partial charge in [0.15, 0.2) is 0 Å². The number of rotatable bonds is 3. The minimum absolute atomic E-state index is 0.0844. The first-order valence-electron chi connectivity index (χ1n) is 7.28. The minimum Gasteiger partial charge on any atom is -0.480 e. The van der Waals surface area contributed by atoms with Crippen molar-refractivity contribution in [3.8, 4) is 0 Å². The topological polar surface area (TPSA) is 54.3 Å². The first kappa shape index (κ1) is 14.1. The van der Waals surface area contributed by atoms with E-state index in [0.717, 1.165) is 48.1 Å². The fraction of sp³-hybridized carbons (Fsp3) is 0.438. The molecule has 1 saturated heterocycles. The quantitative estimate of drug-likeness (QED) is 0.913. The number of fused-ring (bicyclic) bond motifs is 1. The third-order valence-corrected chi connectivity index (χ3v) is 4.38. The summed E-state index contributed by atoms with van der Waals surface area (Å²) in [6.07, 6.45) is 2.01. The van der Waals surface area contributed by atoms with Gasteiger partial charge in [0.1, 0.15) is 12.4 Å². The lowest BCUT2D eigenvalue weighted by molar-refractivity contribution is -0.137. The first-order chi connectivity index (χ1) is 10.1. The van der Waals surface area contributed by atoms with Gasteiger partial charge in [0, 0.05) is 16.6 Å². The Morgan fingerprint density at radius 2 is 2.14 bits per heavy atom. The lowest BCUT2D eigenvalue weighted by Gasteiger charge is -2.23. The molecule has 1 aromatic carbocycles. The third-order valence-electron chi connectivity index (χ3n) is 4.38. The zero-order chi connectivity index (χ0) is 15.0. The van der Waals surface area contributed by atoms with Crippen LogP contribution in [0.3, 0.4) is 0 Å². The number of carboxylic acid groups (broad SMARTS) is 1. The SMILES string of the molecule is Cc1c(C2CCNCC2)c2cc(F)ccc2n1CC(=O)O. The summed E-state index contributed by atoms with van der Waals surface area (Å²) < 4.78 is 15.4. The summed E-state index contributed by atoms with van der Waals surface area (Å²) in [5.74, 6) is -0.785. The first-order valence-corrected chi connectivity index (χ1v) is 7.28. The highest BCUT2D eigenvalue weighted by Crippen LogP contribution is 2.36. The van der Waals surface area contributed by atoms with Gasteiger partial charge >= 0.3 is 5.97 Å². The number of nitrogens with one attached hydrogen (secondary N) is 1. The highest BCUT2D eigenvalue weighted by molar-refractivity contribution is 5.87. The van der Waals surface area contributed by atoms with Gasteiger partial charge in [-0.15, -0.1) is 0 Å². The molecule has 0 spiro atoms. The van der Waals surface area contributed by atoms with Crippen LogP contribution in [0, 0.1) is 12.7 Å². The number of hydrogen-bond acceptors (Lipinski definition) is 2. The van der Waals surface area contributed by atoms with Crippen molar-refractivity contribution in [1.29, 1.82) is 0 Å². The predicted octanol–water partition coefficient (Wildman–Crippen LogP) is 2.64. The van der Waals surface area contributed by atoms with Crippen molar-refractivity contribution in [3.05, 3.63) is 35.3 Å². The summed E-state index contributed by atoms with van der Waals surface area (Å²) in [5.41, 5.74) is 2.88. The van der Waals surface area contributed by atoms with Gasteiger partial charge in [-0.3, -0.25) is 4.79 Å². The molecule has 0 amide bonds. The maximum Gasteiger partial charge on any atom is 0.323 e. The van der Waals surface area contributed by atoms with E-state index in [2.05, 4.69) is 5.32 Å². The summed E-state index contributed by atoms with van der Waals surface area (Å²) in [6, 6.07) is 4.62. The summed E-state index contributed by atoms with van der Waals surface area (Å²) >= 11 is 0. The maximum absolute atomic E-state index is 13.6. The van der Waals surface area contributed by atoms with Crippen LogP contribution in [0.2, 0.25) is 0 Å². The van der Waals surface area contributed by atoms with E-state index in [4.69, 9.17) is 5.11 Å². The van der Waals surface area contributed by atoms with Crippen LogP contribution in [-0.2, 0) is 11.3 Å². The number of hydrogen-bond donors (Lipinski definition) is 2. The number of aromatic nitrogens is 1. The fourth-order valence-corrected chi connectivity index (χ4v) is 3.45. The molecule has 0 radical (unpaired) electrons. The van der Waals surface area contributed by atoms with E-state index in [1.165, 1.54) is 12.1 Å². The molecule has 4 nitrogen and oxygen atoms in total. The third kappa shape index (κ3) is 2.53. The second-order valence-electron chi connectivity index (χ2n) is 5.66. The molecule has 2 aromatic rings. The van der Waals surface area contributed by atoms with Gasteiger partial charge < -0.3 is 15.0 Å². The Kier molecular flexibility index (Phi) is 3.68. The van der Waals surface area contributed by atoms with Gasteiger partial charge in [-0.05, 0) is 62.5 Å². The molecule has 112 valence electrons. The molecule has 1 aliphatic heterocycles. The molecule has 0 saturated carbocycles. The van der Waals surface area contributed by atoms with Crippen LogP contribution in [0.1, 0.15) is 30.0 Å². The average molecular weight is 290 g/mol. The Balaban J connectivity index is 2.19. The van der Waals surface area contributed by atoms with Gasteiger partial charge in [-0.1, -0.05) is 0 Å². The molecule has 5 heteroatoms. The van der Waals surface area contributed by atoms with Gasteiger partial charge in [-0.2, -0.15) is 0 Å². The molecular weight excluding hydrogens is 271 g/mol. The molecule has 2 N–H and O–H groups in total. The van der Waals surface area contributed by atoms with Crippen LogP contribution < -0.4 is 5.32 Å². The van der Waals surface area contributed by atoms with E-state index in [-0.39, 0.29) is 12.4 Å². The molecular formula is C16H19FN2O2. The Bertz CT molecular complexity index is 687. The Morgan fingerprint density at radius 1 is 1.43 bits per heavy atom. The monoisotopic (exact) mass is 290 g/mol. The van der Waals surface area contributed by atoms with Crippen LogP contribution in [0.5, 0.6) is 0 Å². The van der Waals surface area contributed by atoms with E-state index in [9.17, 15) is 9.18 Å². The predicted molar refractivity (Wildman–Crippen MR) is 79.1 cm³/mol. The van der Waals surface area contributed by atoms with Gasteiger partial charge in [0.25, 0.3) is 0 Å². The summed E-state index contributed by atoms with van der Waals surface area (Å²) in [5, 5.41) is 13.3. The maximum atomic E-state index is 13.6. The van der Waals surface area contributed by atoms with Crippen molar-refractivity contribution in [2.24, 2.45) is 0 Å². The molecule has 0 unspecified atom stereocenters. The average Bonchev–Trinajstić information content (AvgIpc) is 2.71. The zero-order valence-electron chi connectivity index (χ0n) is 12.0. The molecule has 0 atom stereocenters. The van der Waals surface area contributed by atoms with Crippen molar-refractivity contribution >= 4 is 16.9 Å². The lowest BCUT2D eigenvalue weighted by atomic mass is 9.88. The van der Waals surface area contributed by atoms with E-state index in [1.807, 2.05) is 6.92 Å². The van der Waals surface area contributed by atoms with Crippen molar-refractivity contribution in [2.45, 2.75) is 32.2 Å². The summed E-state index contributed by atoms with van der Waals surface area (Å²) in [4.78, 5) is 11.1. The van der Waals surface area contributed by atoms with Crippen LogP contribution in [0.15, 0.2) is 18.2 Å². The van der Waals surface area contributed by atoms with Crippen LogP contribution in [0.25, 0.3) is 10.9 Å². The highest BCUT2D eigenvalue weighted by atomic mass is 19.1. The molecule has 1 aromatic heterocycles. The van der Waals surface area contributed by atoms with Crippen molar-refractivity contribution < 1.29 is 14.3 Å². The largest absolute Gasteiger partial charge is 0.480 e. The zero-order valence-corrected chi connectivity index (χ0v) is 12.0. The molecule has 2 heterocycles. The van der Waals surface area contributed by atoms with E-state index >= 15 is 0 Å². The standard InChI is InChI=1S/C16H19FN2O2/c1-10-16(11-4-6-18-7-5-11)13-8-12(17)2-3-14(13)19(10)9-15(20)21/h2-3,8,11,18H,4-7,9H2,1H3,(H,20,21). The Hall–Kier alpha value is -1.88. The highest BCUT2D eigenvalue weighted by Gasteiger charge is 2.24. The number of halogens is 1. The number of carbonyl (C=O) groups is 1. The fourth-order valence-electron chi connectivity index (χ4n) is 3.45. The number of benzene rings is 1. The van der Waals surface area contributed by atoms with Gasteiger partial charge in [0.2, 0.25) is 0 Å². The Labute approximate surface area is 122 Å². The van der Waals surface area contributed by atoms with Gasteiger partial charge in [0.05, 0.1) is 0 Å². The molecule has 0 aliphatic carbocycles. The molecule has 0 bridgehead atoms. The number of piperidine rings is 1. The van der Waals surface area contributed by atoms with Crippen LogP contribution in [0.4, 0.5) is 4.39 Å². The number of nitrogens with zero attached hydrogens (tertiary/aromatic N) is 1. The van der Waals surface area contributed by atoms with Crippen molar-refractivity contribution in [1.82, 2.24) is 9.88 Å². The lowest BCUT2D eigenvalue weighted by Crippen LogP contribution is -2.27. The second kappa shape index (κ2) is 5.48. The summed E-state index contributed by atoms with van der Waals surface area (Å²) in [6.45, 7) is 3.76. The van der Waals surface area contributed by atoms with Crippen molar-refractivity contribution in [3.63, 3.8) is 0 Å². The van der Waals surface area contributed by atoms with Crippen molar-refractivity contribution in [2.75, 3.05) is 13.1 Å². The van der Waals surface area contributed by atoms with E-state index < -0.39 is 5.97 Å². The summed E-state index contributed by atoms with van der Waals surface area (Å²) in [7, 11) is 0. The smallest absolute Gasteiger partial charge is 0.323 e. The van der Waals surface area contributed by atoms with Crippen LogP contribution in [-0.4, -0.2) is 28.7 Å². The normalized spacial score (nSPS) is 16.5. The molecule has 1 fully saturated rings. The molecule has 1 aliphatic rings. The second-order valence-corrected chi connectivity index (χ2v) is 5.66. The number of carboxylic acids is 1. The van der Waals surface area contributed by atoms with Crippen LogP contribution >= 0.6 is 0 Å². The van der Waals surface area contributed by atoms with E-state index in [1.54, 1.807) is 10.6 Å².